The Balaban J connectivity index is 2.40. The third-order valence-corrected chi connectivity index (χ3v) is 3.93. The largest absolute Gasteiger partial charge is 0.481 e. The molecule has 0 bridgehead atoms. The zero-order chi connectivity index (χ0) is 15.2. The van der Waals surface area contributed by atoms with Gasteiger partial charge in [0.15, 0.2) is 0 Å². The van der Waals surface area contributed by atoms with Crippen molar-refractivity contribution < 1.29 is 27.1 Å². The zero-order valence-corrected chi connectivity index (χ0v) is 11.4. The van der Waals surface area contributed by atoms with E-state index < -0.39 is 27.6 Å². The third-order valence-electron chi connectivity index (χ3n) is 2.46. The maximum atomic E-state index is 12.9. The predicted molar refractivity (Wildman–Crippen MR) is 68.7 cm³/mol. The van der Waals surface area contributed by atoms with Crippen molar-refractivity contribution in [1.82, 2.24) is 4.72 Å². The minimum Gasteiger partial charge on any atom is -0.481 e. The molecular weight excluding hydrogens is 292 g/mol. The van der Waals surface area contributed by atoms with E-state index in [9.17, 15) is 22.0 Å². The van der Waals surface area contributed by atoms with E-state index in [0.717, 1.165) is 18.2 Å². The summed E-state index contributed by atoms with van der Waals surface area (Å²) in [5.41, 5.74) is 0.343. The molecule has 2 N–H and O–H groups in total. The van der Waals surface area contributed by atoms with Crippen LogP contribution in [0.25, 0.3) is 0 Å². The molecule has 0 amide bonds. The van der Waals surface area contributed by atoms with Crippen molar-refractivity contribution in [1.29, 1.82) is 0 Å². The Morgan fingerprint density at radius 3 is 2.35 bits per heavy atom. The molecule has 0 unspecified atom stereocenters. The van der Waals surface area contributed by atoms with Crippen LogP contribution in [-0.2, 0) is 21.2 Å². The fourth-order valence-electron chi connectivity index (χ4n) is 1.59. The standard InChI is InChI=1S/C12H15F2NO4S/c13-10-6-9(7-11(14)8-10)3-4-15-20(18,19)5-1-2-12(16)17/h6-8,15H,1-5H2,(H,16,17). The molecule has 0 aliphatic heterocycles. The fraction of sp³-hybridized carbons (Fsp3) is 0.417. The van der Waals surface area contributed by atoms with Crippen LogP contribution in [0.1, 0.15) is 18.4 Å². The topological polar surface area (TPSA) is 83.5 Å². The van der Waals surface area contributed by atoms with Gasteiger partial charge in [0.25, 0.3) is 0 Å². The van der Waals surface area contributed by atoms with Crippen LogP contribution in [0.5, 0.6) is 0 Å². The molecular formula is C12H15F2NO4S. The number of carboxylic acid groups (broad SMARTS) is 1. The molecule has 0 saturated carbocycles. The highest BCUT2D eigenvalue weighted by atomic mass is 32.2. The highest BCUT2D eigenvalue weighted by Gasteiger charge is 2.11. The van der Waals surface area contributed by atoms with Crippen molar-refractivity contribution in [3.8, 4) is 0 Å². The molecule has 20 heavy (non-hydrogen) atoms. The average molecular weight is 307 g/mol. The van der Waals surface area contributed by atoms with E-state index >= 15 is 0 Å². The SMILES string of the molecule is O=C(O)CCCS(=O)(=O)NCCc1cc(F)cc(F)c1. The Morgan fingerprint density at radius 1 is 1.20 bits per heavy atom. The van der Waals surface area contributed by atoms with Gasteiger partial charge in [0.05, 0.1) is 5.75 Å². The Kier molecular flexibility index (Phi) is 6.03. The molecule has 0 aromatic heterocycles. The lowest BCUT2D eigenvalue weighted by Gasteiger charge is -2.06. The predicted octanol–water partition coefficient (Wildman–Crippen LogP) is 1.29. The van der Waals surface area contributed by atoms with Crippen molar-refractivity contribution in [3.63, 3.8) is 0 Å². The van der Waals surface area contributed by atoms with Crippen molar-refractivity contribution in [3.05, 3.63) is 35.4 Å². The van der Waals surface area contributed by atoms with Gasteiger partial charge in [-0.25, -0.2) is 21.9 Å². The average Bonchev–Trinajstić information content (AvgIpc) is 2.26. The molecule has 8 heteroatoms. The quantitative estimate of drug-likeness (QED) is 0.758. The second-order valence-electron chi connectivity index (χ2n) is 4.24. The van der Waals surface area contributed by atoms with Crippen LogP contribution in [0.4, 0.5) is 8.78 Å². The summed E-state index contributed by atoms with van der Waals surface area (Å²) in [5, 5.41) is 8.40. The van der Waals surface area contributed by atoms with E-state index in [1.54, 1.807) is 0 Å². The number of carbonyl (C=O) groups is 1. The zero-order valence-electron chi connectivity index (χ0n) is 10.6. The van der Waals surface area contributed by atoms with Gasteiger partial charge in [0.1, 0.15) is 11.6 Å². The fourth-order valence-corrected chi connectivity index (χ4v) is 2.67. The van der Waals surface area contributed by atoms with Gasteiger partial charge < -0.3 is 5.11 Å². The number of hydrogen-bond donors (Lipinski definition) is 2. The maximum absolute atomic E-state index is 12.9. The molecule has 1 aromatic rings. The lowest BCUT2D eigenvalue weighted by molar-refractivity contribution is -0.137. The van der Waals surface area contributed by atoms with Crippen LogP contribution in [0.15, 0.2) is 18.2 Å². The number of benzene rings is 1. The summed E-state index contributed by atoms with van der Waals surface area (Å²) in [7, 11) is -3.57. The number of carboxylic acids is 1. The van der Waals surface area contributed by atoms with E-state index in [2.05, 4.69) is 4.72 Å². The van der Waals surface area contributed by atoms with Gasteiger partial charge in [-0.2, -0.15) is 0 Å². The summed E-state index contributed by atoms with van der Waals surface area (Å²) < 4.78 is 51.0. The highest BCUT2D eigenvalue weighted by molar-refractivity contribution is 7.89. The molecule has 112 valence electrons. The molecule has 0 fully saturated rings. The molecule has 0 radical (unpaired) electrons. The van der Waals surface area contributed by atoms with Gasteiger partial charge in [-0.1, -0.05) is 0 Å². The number of sulfonamides is 1. The van der Waals surface area contributed by atoms with Gasteiger partial charge in [-0.3, -0.25) is 4.79 Å². The summed E-state index contributed by atoms with van der Waals surface area (Å²) >= 11 is 0. The first kappa shape index (κ1) is 16.5. The molecule has 1 rings (SSSR count). The molecule has 0 aliphatic rings. The summed E-state index contributed by atoms with van der Waals surface area (Å²) in [6, 6.07) is 2.99. The van der Waals surface area contributed by atoms with Crippen molar-refractivity contribution in [2.24, 2.45) is 0 Å². The Bertz CT molecular complexity index is 555. The van der Waals surface area contributed by atoms with Crippen LogP contribution in [0, 0.1) is 11.6 Å². The van der Waals surface area contributed by atoms with Gasteiger partial charge in [-0.15, -0.1) is 0 Å². The van der Waals surface area contributed by atoms with Gasteiger partial charge in [0, 0.05) is 19.0 Å². The van der Waals surface area contributed by atoms with E-state index in [4.69, 9.17) is 5.11 Å². The second-order valence-corrected chi connectivity index (χ2v) is 6.16. The van der Waals surface area contributed by atoms with E-state index in [1.807, 2.05) is 0 Å². The van der Waals surface area contributed by atoms with Crippen LogP contribution in [0.2, 0.25) is 0 Å². The van der Waals surface area contributed by atoms with E-state index in [1.165, 1.54) is 0 Å². The van der Waals surface area contributed by atoms with Crippen LogP contribution in [0.3, 0.4) is 0 Å². The smallest absolute Gasteiger partial charge is 0.303 e. The molecule has 0 spiro atoms. The lowest BCUT2D eigenvalue weighted by Crippen LogP contribution is -2.28. The lowest BCUT2D eigenvalue weighted by atomic mass is 10.1. The maximum Gasteiger partial charge on any atom is 0.303 e. The normalized spacial score (nSPS) is 11.5. The summed E-state index contributed by atoms with van der Waals surface area (Å²) in [5.74, 6) is -2.79. The van der Waals surface area contributed by atoms with Crippen LogP contribution in [-0.4, -0.2) is 31.8 Å². The molecule has 0 atom stereocenters. The van der Waals surface area contributed by atoms with Crippen molar-refractivity contribution in [2.45, 2.75) is 19.3 Å². The molecule has 1 aromatic carbocycles. The van der Waals surface area contributed by atoms with Crippen LogP contribution >= 0.6 is 0 Å². The minimum absolute atomic E-state index is 0.00169. The van der Waals surface area contributed by atoms with Gasteiger partial charge in [-0.05, 0) is 30.5 Å². The number of hydrogen-bond acceptors (Lipinski definition) is 3. The second kappa shape index (κ2) is 7.30. The Morgan fingerprint density at radius 2 is 1.80 bits per heavy atom. The number of nitrogens with one attached hydrogen (secondary N) is 1. The summed E-state index contributed by atoms with van der Waals surface area (Å²) in [6.07, 6.45) is -0.0673. The van der Waals surface area contributed by atoms with Crippen LogP contribution < -0.4 is 4.72 Å². The first-order chi connectivity index (χ1) is 9.28. The number of aliphatic carboxylic acids is 1. The third kappa shape index (κ3) is 6.58. The van der Waals surface area contributed by atoms with Gasteiger partial charge in [0.2, 0.25) is 10.0 Å². The van der Waals surface area contributed by atoms with Crippen molar-refractivity contribution >= 4 is 16.0 Å². The molecule has 0 aliphatic carbocycles. The first-order valence-electron chi connectivity index (χ1n) is 5.92. The van der Waals surface area contributed by atoms with E-state index in [-0.39, 0.29) is 31.6 Å². The van der Waals surface area contributed by atoms with Crippen molar-refractivity contribution in [2.75, 3.05) is 12.3 Å². The summed E-state index contributed by atoms with van der Waals surface area (Å²) in [4.78, 5) is 10.3. The summed E-state index contributed by atoms with van der Waals surface area (Å²) in [6.45, 7) is -0.00169. The first-order valence-corrected chi connectivity index (χ1v) is 7.58. The monoisotopic (exact) mass is 307 g/mol. The molecule has 0 heterocycles. The highest BCUT2D eigenvalue weighted by Crippen LogP contribution is 2.08. The molecule has 0 saturated heterocycles. The number of rotatable bonds is 8. The van der Waals surface area contributed by atoms with E-state index in [0.29, 0.717) is 5.56 Å². The van der Waals surface area contributed by atoms with Gasteiger partial charge >= 0.3 is 5.97 Å². The number of halogens is 2. The Labute approximate surface area is 115 Å². The molecule has 5 nitrogen and oxygen atoms in total. The minimum atomic E-state index is -3.57. The Hall–Kier alpha value is -1.54.